The number of para-hydroxylation sites is 1. The number of rotatable bonds is 2. The Morgan fingerprint density at radius 1 is 1.24 bits per heavy atom. The van der Waals surface area contributed by atoms with Crippen LogP contribution in [0.2, 0.25) is 5.02 Å². The van der Waals surface area contributed by atoms with E-state index >= 15 is 0 Å². The average molecular weight is 317 g/mol. The fourth-order valence-electron chi connectivity index (χ4n) is 2.14. The summed E-state index contributed by atoms with van der Waals surface area (Å²) in [6, 6.07) is 13.1. The van der Waals surface area contributed by atoms with Crippen molar-refractivity contribution in [3.05, 3.63) is 57.9 Å². The predicted molar refractivity (Wildman–Crippen MR) is 90.4 cm³/mol. The van der Waals surface area contributed by atoms with E-state index in [-0.39, 0.29) is 5.91 Å². The molecule has 3 nitrogen and oxygen atoms in total. The Balaban J connectivity index is 1.99. The molecule has 0 saturated heterocycles. The number of nitrogens with two attached hydrogens (primary N) is 1. The van der Waals surface area contributed by atoms with E-state index in [1.807, 2.05) is 37.3 Å². The Morgan fingerprint density at radius 2 is 2.00 bits per heavy atom. The smallest absolute Gasteiger partial charge is 0.267 e. The molecular formula is C16H13ClN2OS. The maximum absolute atomic E-state index is 12.4. The third-order valence-corrected chi connectivity index (χ3v) is 4.73. The maximum atomic E-state index is 12.4. The van der Waals surface area contributed by atoms with Crippen molar-refractivity contribution in [1.82, 2.24) is 0 Å². The second kappa shape index (κ2) is 5.39. The number of aryl methyl sites for hydroxylation is 1. The van der Waals surface area contributed by atoms with Crippen LogP contribution >= 0.6 is 22.9 Å². The summed E-state index contributed by atoms with van der Waals surface area (Å²) in [5.41, 5.74) is 8.33. The fraction of sp³-hybridized carbons (Fsp3) is 0.0625. The highest BCUT2D eigenvalue weighted by Gasteiger charge is 2.17. The van der Waals surface area contributed by atoms with Crippen LogP contribution in [0.4, 0.5) is 11.4 Å². The average Bonchev–Trinajstić information content (AvgIpc) is 2.79. The Bertz CT molecular complexity index is 841. The SMILES string of the molecule is Cc1ccc2sc(C(=O)Nc3ccccc3Cl)c(N)c2c1. The van der Waals surface area contributed by atoms with Gasteiger partial charge in [-0.1, -0.05) is 35.4 Å². The molecule has 0 radical (unpaired) electrons. The van der Waals surface area contributed by atoms with Gasteiger partial charge in [0.2, 0.25) is 0 Å². The number of halogens is 1. The lowest BCUT2D eigenvalue weighted by molar-refractivity contribution is 0.103. The lowest BCUT2D eigenvalue weighted by Crippen LogP contribution is -2.12. The van der Waals surface area contributed by atoms with E-state index < -0.39 is 0 Å². The molecule has 21 heavy (non-hydrogen) atoms. The number of carbonyl (C=O) groups is 1. The quantitative estimate of drug-likeness (QED) is 0.720. The Labute approximate surface area is 131 Å². The molecule has 1 amide bonds. The number of hydrogen-bond donors (Lipinski definition) is 2. The minimum absolute atomic E-state index is 0.237. The molecule has 0 aliphatic heterocycles. The summed E-state index contributed by atoms with van der Waals surface area (Å²) in [6.45, 7) is 2.00. The van der Waals surface area contributed by atoms with Gasteiger partial charge in [0.25, 0.3) is 5.91 Å². The van der Waals surface area contributed by atoms with E-state index in [0.717, 1.165) is 15.6 Å². The molecule has 0 unspecified atom stereocenters. The van der Waals surface area contributed by atoms with Gasteiger partial charge < -0.3 is 11.1 Å². The number of nitrogen functional groups attached to an aromatic ring is 1. The number of thiophene rings is 1. The summed E-state index contributed by atoms with van der Waals surface area (Å²) in [6.07, 6.45) is 0. The molecule has 0 bridgehead atoms. The van der Waals surface area contributed by atoms with Crippen molar-refractivity contribution < 1.29 is 4.79 Å². The van der Waals surface area contributed by atoms with Crippen molar-refractivity contribution in [2.75, 3.05) is 11.1 Å². The number of fused-ring (bicyclic) bond motifs is 1. The number of benzene rings is 2. The maximum Gasteiger partial charge on any atom is 0.267 e. The topological polar surface area (TPSA) is 55.1 Å². The molecule has 3 N–H and O–H groups in total. The minimum atomic E-state index is -0.237. The number of nitrogens with one attached hydrogen (secondary N) is 1. The number of anilines is 2. The van der Waals surface area contributed by atoms with E-state index in [1.165, 1.54) is 11.3 Å². The normalized spacial score (nSPS) is 10.8. The first-order chi connectivity index (χ1) is 10.1. The molecule has 0 atom stereocenters. The van der Waals surface area contributed by atoms with Crippen LogP contribution in [0.3, 0.4) is 0 Å². The highest BCUT2D eigenvalue weighted by molar-refractivity contribution is 7.21. The zero-order valence-corrected chi connectivity index (χ0v) is 12.9. The van der Waals surface area contributed by atoms with Crippen LogP contribution in [0.5, 0.6) is 0 Å². The zero-order valence-electron chi connectivity index (χ0n) is 11.3. The second-order valence-corrected chi connectivity index (χ2v) is 6.24. The van der Waals surface area contributed by atoms with Gasteiger partial charge in [0.15, 0.2) is 0 Å². The van der Waals surface area contributed by atoms with Crippen molar-refractivity contribution in [3.8, 4) is 0 Å². The Morgan fingerprint density at radius 3 is 2.76 bits per heavy atom. The molecule has 0 aliphatic carbocycles. The summed E-state index contributed by atoms with van der Waals surface area (Å²) < 4.78 is 1.00. The molecule has 0 saturated carbocycles. The van der Waals surface area contributed by atoms with Gasteiger partial charge in [-0.05, 0) is 31.2 Å². The largest absolute Gasteiger partial charge is 0.397 e. The van der Waals surface area contributed by atoms with E-state index in [2.05, 4.69) is 5.32 Å². The summed E-state index contributed by atoms with van der Waals surface area (Å²) in [5, 5.41) is 4.22. The van der Waals surface area contributed by atoms with Gasteiger partial charge in [0.1, 0.15) is 4.88 Å². The highest BCUT2D eigenvalue weighted by atomic mass is 35.5. The summed E-state index contributed by atoms with van der Waals surface area (Å²) in [7, 11) is 0. The summed E-state index contributed by atoms with van der Waals surface area (Å²) >= 11 is 7.44. The Kier molecular flexibility index (Phi) is 3.57. The standard InChI is InChI=1S/C16H13ClN2OS/c1-9-6-7-13-10(8-9)14(18)15(21-13)16(20)19-12-5-3-2-4-11(12)17/h2-8H,18H2,1H3,(H,19,20). The van der Waals surface area contributed by atoms with Crippen LogP contribution < -0.4 is 11.1 Å². The molecule has 3 rings (SSSR count). The van der Waals surface area contributed by atoms with Gasteiger partial charge in [-0.2, -0.15) is 0 Å². The third-order valence-electron chi connectivity index (χ3n) is 3.21. The molecule has 0 fully saturated rings. The van der Waals surface area contributed by atoms with Crippen molar-refractivity contribution in [1.29, 1.82) is 0 Å². The van der Waals surface area contributed by atoms with Crippen LogP contribution in [0.25, 0.3) is 10.1 Å². The van der Waals surface area contributed by atoms with E-state index in [9.17, 15) is 4.79 Å². The molecule has 0 aliphatic rings. The minimum Gasteiger partial charge on any atom is -0.397 e. The first kappa shape index (κ1) is 13.9. The van der Waals surface area contributed by atoms with Gasteiger partial charge in [0.05, 0.1) is 16.4 Å². The predicted octanol–water partition coefficient (Wildman–Crippen LogP) is 4.70. The van der Waals surface area contributed by atoms with Crippen LogP contribution in [-0.2, 0) is 0 Å². The molecule has 2 aromatic carbocycles. The van der Waals surface area contributed by atoms with Crippen molar-refractivity contribution in [2.24, 2.45) is 0 Å². The fourth-order valence-corrected chi connectivity index (χ4v) is 3.32. The summed E-state index contributed by atoms with van der Waals surface area (Å²) in [5.74, 6) is -0.237. The van der Waals surface area contributed by atoms with Gasteiger partial charge in [0, 0.05) is 10.1 Å². The third kappa shape index (κ3) is 2.60. The van der Waals surface area contributed by atoms with Crippen LogP contribution in [0.15, 0.2) is 42.5 Å². The van der Waals surface area contributed by atoms with Crippen LogP contribution in [0.1, 0.15) is 15.2 Å². The van der Waals surface area contributed by atoms with Crippen molar-refractivity contribution in [2.45, 2.75) is 6.92 Å². The molecule has 1 aromatic heterocycles. The van der Waals surface area contributed by atoms with Gasteiger partial charge in [-0.25, -0.2) is 0 Å². The first-order valence-corrected chi connectivity index (χ1v) is 7.60. The van der Waals surface area contributed by atoms with Crippen molar-refractivity contribution in [3.63, 3.8) is 0 Å². The lowest BCUT2D eigenvalue weighted by Gasteiger charge is -2.06. The number of carbonyl (C=O) groups excluding carboxylic acids is 1. The Hall–Kier alpha value is -2.04. The molecule has 0 spiro atoms. The lowest BCUT2D eigenvalue weighted by atomic mass is 10.1. The number of hydrogen-bond acceptors (Lipinski definition) is 3. The van der Waals surface area contributed by atoms with Gasteiger partial charge in [-0.15, -0.1) is 11.3 Å². The van der Waals surface area contributed by atoms with Crippen LogP contribution in [-0.4, -0.2) is 5.91 Å². The molecule has 106 valence electrons. The molecule has 5 heteroatoms. The second-order valence-electron chi connectivity index (χ2n) is 4.78. The molecular weight excluding hydrogens is 304 g/mol. The van der Waals surface area contributed by atoms with E-state index in [1.54, 1.807) is 12.1 Å². The molecule has 3 aromatic rings. The van der Waals surface area contributed by atoms with Gasteiger partial charge >= 0.3 is 0 Å². The van der Waals surface area contributed by atoms with E-state index in [4.69, 9.17) is 17.3 Å². The molecule has 1 heterocycles. The first-order valence-electron chi connectivity index (χ1n) is 6.41. The number of amides is 1. The summed E-state index contributed by atoms with van der Waals surface area (Å²) in [4.78, 5) is 12.9. The van der Waals surface area contributed by atoms with Crippen LogP contribution in [0, 0.1) is 6.92 Å². The van der Waals surface area contributed by atoms with Crippen molar-refractivity contribution >= 4 is 50.3 Å². The monoisotopic (exact) mass is 316 g/mol. The zero-order chi connectivity index (χ0) is 15.0. The highest BCUT2D eigenvalue weighted by Crippen LogP contribution is 2.35. The van der Waals surface area contributed by atoms with E-state index in [0.29, 0.717) is 21.3 Å². The van der Waals surface area contributed by atoms with Gasteiger partial charge in [-0.3, -0.25) is 4.79 Å².